The SMILES string of the molecule is Cc1noc(-c2ccc(C34CCC(CC(=O)O)(CC3)CO4)cc2)c1NC(=O)O[C@H](C)c1ccccc1F. The van der Waals surface area contributed by atoms with E-state index in [1.54, 1.807) is 32.0 Å². The molecule has 9 heteroatoms. The number of carbonyl (C=O) groups excluding carboxylic acids is 1. The fourth-order valence-electron chi connectivity index (χ4n) is 5.48. The molecule has 2 bridgehead atoms. The number of aliphatic carboxylic acids is 1. The van der Waals surface area contributed by atoms with Crippen molar-refractivity contribution in [3.05, 3.63) is 71.2 Å². The van der Waals surface area contributed by atoms with Gasteiger partial charge in [0.2, 0.25) is 0 Å². The number of nitrogens with zero attached hydrogens (tertiary/aromatic N) is 1. The topological polar surface area (TPSA) is 111 Å². The van der Waals surface area contributed by atoms with Crippen LogP contribution in [0.25, 0.3) is 11.3 Å². The lowest BCUT2D eigenvalue weighted by molar-refractivity contribution is -0.195. The van der Waals surface area contributed by atoms with Gasteiger partial charge in [0.25, 0.3) is 0 Å². The van der Waals surface area contributed by atoms with Crippen molar-refractivity contribution in [2.45, 2.75) is 57.7 Å². The van der Waals surface area contributed by atoms with Crippen LogP contribution in [0.3, 0.4) is 0 Å². The van der Waals surface area contributed by atoms with Crippen molar-refractivity contribution in [2.24, 2.45) is 5.41 Å². The number of fused-ring (bicyclic) bond motifs is 3. The number of carboxylic acid groups (broad SMARTS) is 1. The highest BCUT2D eigenvalue weighted by Gasteiger charge is 2.51. The average molecular weight is 509 g/mol. The van der Waals surface area contributed by atoms with Crippen LogP contribution in [0.4, 0.5) is 14.9 Å². The highest BCUT2D eigenvalue weighted by molar-refractivity contribution is 5.90. The van der Waals surface area contributed by atoms with Gasteiger partial charge in [-0.3, -0.25) is 10.1 Å². The lowest BCUT2D eigenvalue weighted by Crippen LogP contribution is -2.50. The number of rotatable bonds is 7. The Balaban J connectivity index is 1.29. The highest BCUT2D eigenvalue weighted by atomic mass is 19.1. The Morgan fingerprint density at radius 2 is 1.84 bits per heavy atom. The molecule has 0 spiro atoms. The van der Waals surface area contributed by atoms with Crippen molar-refractivity contribution in [3.8, 4) is 11.3 Å². The minimum atomic E-state index is -0.788. The molecule has 2 aliphatic heterocycles. The molecule has 1 aliphatic carbocycles. The van der Waals surface area contributed by atoms with Gasteiger partial charge in [-0.2, -0.15) is 0 Å². The molecule has 194 valence electrons. The largest absolute Gasteiger partial charge is 0.481 e. The predicted molar refractivity (Wildman–Crippen MR) is 132 cm³/mol. The normalized spacial score (nSPS) is 23.4. The van der Waals surface area contributed by atoms with Crippen LogP contribution in [0.2, 0.25) is 0 Å². The molecular formula is C28H29FN2O6. The molecule has 3 fully saturated rings. The number of halogens is 1. The number of benzene rings is 2. The van der Waals surface area contributed by atoms with Crippen LogP contribution >= 0.6 is 0 Å². The zero-order valence-electron chi connectivity index (χ0n) is 20.8. The van der Waals surface area contributed by atoms with Crippen LogP contribution in [0.15, 0.2) is 53.1 Å². The number of aryl methyl sites for hydroxylation is 1. The molecule has 3 aromatic rings. The van der Waals surface area contributed by atoms with Gasteiger partial charge in [0.05, 0.1) is 18.6 Å². The monoisotopic (exact) mass is 508 g/mol. The summed E-state index contributed by atoms with van der Waals surface area (Å²) in [5, 5.41) is 16.0. The number of carbonyl (C=O) groups is 2. The van der Waals surface area contributed by atoms with Crippen LogP contribution in [-0.4, -0.2) is 28.9 Å². The number of ether oxygens (including phenoxy) is 2. The minimum Gasteiger partial charge on any atom is -0.481 e. The Morgan fingerprint density at radius 1 is 1.14 bits per heavy atom. The first-order valence-electron chi connectivity index (χ1n) is 12.4. The van der Waals surface area contributed by atoms with Gasteiger partial charge in [-0.25, -0.2) is 9.18 Å². The van der Waals surface area contributed by atoms with Gasteiger partial charge in [0, 0.05) is 16.5 Å². The third-order valence-electron chi connectivity index (χ3n) is 7.69. The smallest absolute Gasteiger partial charge is 0.412 e. The van der Waals surface area contributed by atoms with E-state index in [0.29, 0.717) is 29.3 Å². The summed E-state index contributed by atoms with van der Waals surface area (Å²) in [5.74, 6) is -0.845. The van der Waals surface area contributed by atoms with E-state index in [1.165, 1.54) is 6.07 Å². The van der Waals surface area contributed by atoms with E-state index >= 15 is 0 Å². The molecule has 2 aromatic carbocycles. The molecule has 1 amide bonds. The average Bonchev–Trinajstić information content (AvgIpc) is 3.24. The first-order chi connectivity index (χ1) is 17.7. The number of nitrogens with one attached hydrogen (secondary N) is 1. The summed E-state index contributed by atoms with van der Waals surface area (Å²) >= 11 is 0. The van der Waals surface area contributed by atoms with Gasteiger partial charge in [0.15, 0.2) is 5.76 Å². The lowest BCUT2D eigenvalue weighted by atomic mass is 9.63. The molecule has 3 heterocycles. The molecule has 2 saturated heterocycles. The van der Waals surface area contributed by atoms with Gasteiger partial charge in [-0.05, 0) is 51.2 Å². The van der Waals surface area contributed by atoms with Crippen molar-refractivity contribution in [1.82, 2.24) is 5.16 Å². The molecule has 3 aliphatic rings. The second-order valence-corrected chi connectivity index (χ2v) is 10.1. The van der Waals surface area contributed by atoms with Crippen molar-refractivity contribution in [1.29, 1.82) is 0 Å². The van der Waals surface area contributed by atoms with E-state index in [0.717, 1.165) is 31.2 Å². The first kappa shape index (κ1) is 25.0. The molecule has 1 saturated carbocycles. The predicted octanol–water partition coefficient (Wildman–Crippen LogP) is 6.36. The van der Waals surface area contributed by atoms with Crippen LogP contribution in [-0.2, 0) is 19.9 Å². The Bertz CT molecular complexity index is 1290. The number of amides is 1. The molecule has 1 atom stereocenters. The Morgan fingerprint density at radius 3 is 2.46 bits per heavy atom. The van der Waals surface area contributed by atoms with Crippen LogP contribution in [0.1, 0.15) is 62.0 Å². The summed E-state index contributed by atoms with van der Waals surface area (Å²) in [4.78, 5) is 23.9. The second-order valence-electron chi connectivity index (χ2n) is 10.1. The van der Waals surface area contributed by atoms with Crippen molar-refractivity contribution in [3.63, 3.8) is 0 Å². The Kier molecular flexibility index (Phi) is 6.49. The molecule has 6 rings (SSSR count). The maximum Gasteiger partial charge on any atom is 0.412 e. The number of aromatic nitrogens is 1. The van der Waals surface area contributed by atoms with Gasteiger partial charge in [0.1, 0.15) is 23.3 Å². The van der Waals surface area contributed by atoms with Gasteiger partial charge in [-0.15, -0.1) is 0 Å². The number of hydrogen-bond donors (Lipinski definition) is 2. The summed E-state index contributed by atoms with van der Waals surface area (Å²) in [6, 6.07) is 13.9. The van der Waals surface area contributed by atoms with Crippen molar-refractivity contribution in [2.75, 3.05) is 11.9 Å². The zero-order valence-corrected chi connectivity index (χ0v) is 20.8. The van der Waals surface area contributed by atoms with Crippen molar-refractivity contribution < 1.29 is 33.1 Å². The molecule has 37 heavy (non-hydrogen) atoms. The third-order valence-corrected chi connectivity index (χ3v) is 7.69. The first-order valence-corrected chi connectivity index (χ1v) is 12.4. The zero-order chi connectivity index (χ0) is 26.2. The fraction of sp³-hybridized carbons (Fsp3) is 0.393. The van der Waals surface area contributed by atoms with Gasteiger partial charge >= 0.3 is 12.1 Å². The molecule has 2 N–H and O–H groups in total. The number of anilines is 1. The molecule has 1 aromatic heterocycles. The Hall–Kier alpha value is -3.72. The second kappa shape index (κ2) is 9.63. The maximum atomic E-state index is 14.0. The lowest BCUT2D eigenvalue weighted by Gasteiger charge is -2.53. The highest BCUT2D eigenvalue weighted by Crippen LogP contribution is 2.55. The van der Waals surface area contributed by atoms with E-state index in [2.05, 4.69) is 10.5 Å². The van der Waals surface area contributed by atoms with Crippen molar-refractivity contribution >= 4 is 17.7 Å². The summed E-state index contributed by atoms with van der Waals surface area (Å²) in [6.45, 7) is 3.75. The van der Waals surface area contributed by atoms with E-state index in [-0.39, 0.29) is 17.4 Å². The summed E-state index contributed by atoms with van der Waals surface area (Å²) in [6.07, 6.45) is 1.81. The summed E-state index contributed by atoms with van der Waals surface area (Å²) < 4.78 is 31.2. The van der Waals surface area contributed by atoms with Crippen LogP contribution in [0.5, 0.6) is 0 Å². The van der Waals surface area contributed by atoms with Gasteiger partial charge in [-0.1, -0.05) is 47.6 Å². The van der Waals surface area contributed by atoms with Crippen LogP contribution < -0.4 is 5.32 Å². The minimum absolute atomic E-state index is 0.143. The van der Waals surface area contributed by atoms with Gasteiger partial charge < -0.3 is 19.1 Å². The molecule has 0 unspecified atom stereocenters. The maximum absolute atomic E-state index is 14.0. The fourth-order valence-corrected chi connectivity index (χ4v) is 5.48. The Labute approximate surface area is 213 Å². The molecule has 8 nitrogen and oxygen atoms in total. The quantitative estimate of drug-likeness (QED) is 0.382. The number of carboxylic acids is 1. The standard InChI is InChI=1S/C28H29FN2O6/c1-17-24(30-26(34)36-18(2)21-5-3-4-6-22(21)29)25(37-31-17)19-7-9-20(10-8-19)28-13-11-27(12-14-28,16-35-28)15-23(32)33/h3-10,18H,11-16H2,1-2H3,(H,30,34)(H,32,33)/t18-,27?,28?/m1/s1. The van der Waals surface area contributed by atoms with E-state index < -0.39 is 29.6 Å². The van der Waals surface area contributed by atoms with E-state index in [9.17, 15) is 19.1 Å². The summed E-state index contributed by atoms with van der Waals surface area (Å²) in [7, 11) is 0. The molecule has 0 radical (unpaired) electrons. The van der Waals surface area contributed by atoms with E-state index in [4.69, 9.17) is 14.0 Å². The van der Waals surface area contributed by atoms with E-state index in [1.807, 2.05) is 24.3 Å². The third kappa shape index (κ3) is 4.83. The molecular weight excluding hydrogens is 479 g/mol. The summed E-state index contributed by atoms with van der Waals surface area (Å²) in [5.41, 5.74) is 2.21. The number of hydrogen-bond acceptors (Lipinski definition) is 6. The van der Waals surface area contributed by atoms with Crippen LogP contribution in [0, 0.1) is 18.2 Å².